The predicted octanol–water partition coefficient (Wildman–Crippen LogP) is 4.02. The summed E-state index contributed by atoms with van der Waals surface area (Å²) in [4.78, 5) is 16.5. The molecule has 7 nitrogen and oxygen atoms in total. The van der Waals surface area contributed by atoms with E-state index in [1.807, 2.05) is 6.07 Å². The zero-order chi connectivity index (χ0) is 23.1. The van der Waals surface area contributed by atoms with Crippen LogP contribution >= 0.6 is 12.2 Å². The second-order valence-electron chi connectivity index (χ2n) is 6.68. The second kappa shape index (κ2) is 10.2. The molecule has 1 amide bonds. The molecule has 3 rings (SSSR count). The summed E-state index contributed by atoms with van der Waals surface area (Å²) in [7, 11) is -2.22. The molecule has 0 aliphatic carbocycles. The quantitative estimate of drug-likeness (QED) is 0.422. The van der Waals surface area contributed by atoms with Crippen molar-refractivity contribution in [2.24, 2.45) is 4.99 Å². The number of aliphatic imine (C=N–C) groups is 1. The van der Waals surface area contributed by atoms with Crippen LogP contribution in [0.25, 0.3) is 0 Å². The Kier molecular flexibility index (Phi) is 7.34. The molecule has 3 aromatic rings. The molecule has 3 aromatic carbocycles. The molecular weight excluding hydrogens is 446 g/mol. The first-order chi connectivity index (χ1) is 15.3. The highest BCUT2D eigenvalue weighted by atomic mass is 32.2. The fraction of sp³-hybridized carbons (Fsp3) is 0.0870. The molecule has 0 heterocycles. The molecule has 0 aromatic heterocycles. The summed E-state index contributed by atoms with van der Waals surface area (Å²) >= 11 is 5.15. The normalized spacial score (nSPS) is 11.5. The average Bonchev–Trinajstić information content (AvgIpc) is 2.80. The van der Waals surface area contributed by atoms with Gasteiger partial charge >= 0.3 is 0 Å². The zero-order valence-corrected chi connectivity index (χ0v) is 19.0. The Morgan fingerprint density at radius 1 is 0.906 bits per heavy atom. The van der Waals surface area contributed by atoms with Gasteiger partial charge in [0.1, 0.15) is 5.75 Å². The van der Waals surface area contributed by atoms with Crippen molar-refractivity contribution in [2.75, 3.05) is 11.8 Å². The van der Waals surface area contributed by atoms with E-state index in [0.717, 1.165) is 0 Å². The van der Waals surface area contributed by atoms with Crippen LogP contribution in [-0.2, 0) is 10.0 Å². The van der Waals surface area contributed by atoms with Crippen molar-refractivity contribution in [3.63, 3.8) is 0 Å². The zero-order valence-electron chi connectivity index (χ0n) is 17.4. The maximum absolute atomic E-state index is 12.6. The fourth-order valence-electron chi connectivity index (χ4n) is 2.75. The molecule has 0 unspecified atom stereocenters. The summed E-state index contributed by atoms with van der Waals surface area (Å²) in [5, 5.41) is 2.58. The van der Waals surface area contributed by atoms with Crippen molar-refractivity contribution >= 4 is 44.7 Å². The third-order valence-corrected chi connectivity index (χ3v) is 6.04. The van der Waals surface area contributed by atoms with Crippen LogP contribution in [0.4, 0.5) is 5.69 Å². The minimum absolute atomic E-state index is 0.0224. The lowest BCUT2D eigenvalue weighted by Crippen LogP contribution is -2.28. The number of amides is 1. The molecular formula is C23H21N3O4S2. The highest BCUT2D eigenvalue weighted by Gasteiger charge is 2.15. The van der Waals surface area contributed by atoms with E-state index in [2.05, 4.69) is 15.0 Å². The minimum Gasteiger partial charge on any atom is -0.497 e. The largest absolute Gasteiger partial charge is 0.497 e. The number of thiocarbonyl (C=S) groups is 1. The summed E-state index contributed by atoms with van der Waals surface area (Å²) in [6.45, 7) is 1.72. The van der Waals surface area contributed by atoms with E-state index in [0.29, 0.717) is 28.3 Å². The van der Waals surface area contributed by atoms with Crippen LogP contribution in [0.2, 0.25) is 0 Å². The van der Waals surface area contributed by atoms with Gasteiger partial charge in [-0.15, -0.1) is 0 Å². The van der Waals surface area contributed by atoms with Crippen LogP contribution in [0.15, 0.2) is 88.8 Å². The van der Waals surface area contributed by atoms with Crippen molar-refractivity contribution in [3.05, 3.63) is 90.0 Å². The first kappa shape index (κ1) is 23.1. The standard InChI is InChI=1S/C23H21N3O4S2/c1-16(24-23(31)25-22(27)18-6-4-3-5-7-18)17-8-14-21(15-9-17)32(28,29)26-19-10-12-20(30-2)13-11-19/h3-15,26H,1-2H3,(H,25,27,31). The summed E-state index contributed by atoms with van der Waals surface area (Å²) in [5.41, 5.74) is 2.11. The molecule has 32 heavy (non-hydrogen) atoms. The first-order valence-corrected chi connectivity index (χ1v) is 11.4. The molecule has 0 saturated carbocycles. The van der Waals surface area contributed by atoms with Gasteiger partial charge in [-0.3, -0.25) is 14.8 Å². The Bertz CT molecular complexity index is 1240. The molecule has 0 aliphatic heterocycles. The van der Waals surface area contributed by atoms with Crippen molar-refractivity contribution in [1.82, 2.24) is 5.32 Å². The van der Waals surface area contributed by atoms with Gasteiger partial charge in [-0.2, -0.15) is 0 Å². The third kappa shape index (κ3) is 5.99. The van der Waals surface area contributed by atoms with Crippen LogP contribution in [0.3, 0.4) is 0 Å². The van der Waals surface area contributed by atoms with Crippen molar-refractivity contribution < 1.29 is 17.9 Å². The monoisotopic (exact) mass is 467 g/mol. The summed E-state index contributed by atoms with van der Waals surface area (Å²) in [5.74, 6) is 0.281. The molecule has 0 spiro atoms. The summed E-state index contributed by atoms with van der Waals surface area (Å²) in [6.07, 6.45) is 0. The average molecular weight is 468 g/mol. The number of rotatable bonds is 6. The molecule has 2 N–H and O–H groups in total. The lowest BCUT2D eigenvalue weighted by molar-refractivity contribution is 0.0977. The third-order valence-electron chi connectivity index (χ3n) is 4.45. The maximum Gasteiger partial charge on any atom is 0.261 e. The number of ether oxygens (including phenoxy) is 1. The van der Waals surface area contributed by atoms with Crippen LogP contribution in [-0.4, -0.2) is 32.3 Å². The molecule has 0 fully saturated rings. The maximum atomic E-state index is 12.6. The minimum atomic E-state index is -3.76. The van der Waals surface area contributed by atoms with Gasteiger partial charge in [0, 0.05) is 17.0 Å². The number of hydrogen-bond donors (Lipinski definition) is 2. The Morgan fingerprint density at radius 2 is 1.53 bits per heavy atom. The summed E-state index contributed by atoms with van der Waals surface area (Å²) < 4.78 is 32.9. The molecule has 0 radical (unpaired) electrons. The van der Waals surface area contributed by atoms with E-state index in [9.17, 15) is 13.2 Å². The van der Waals surface area contributed by atoms with Crippen molar-refractivity contribution in [3.8, 4) is 5.75 Å². The van der Waals surface area contributed by atoms with Crippen LogP contribution in [0.5, 0.6) is 5.75 Å². The number of sulfonamides is 1. The van der Waals surface area contributed by atoms with Crippen molar-refractivity contribution in [2.45, 2.75) is 11.8 Å². The number of methoxy groups -OCH3 is 1. The van der Waals surface area contributed by atoms with Gasteiger partial charge < -0.3 is 4.74 Å². The van der Waals surface area contributed by atoms with Crippen LogP contribution in [0, 0.1) is 0 Å². The lowest BCUT2D eigenvalue weighted by atomic mass is 10.1. The van der Waals surface area contributed by atoms with Gasteiger partial charge in [0.05, 0.1) is 12.0 Å². The van der Waals surface area contributed by atoms with Gasteiger partial charge in [-0.25, -0.2) is 13.4 Å². The predicted molar refractivity (Wildman–Crippen MR) is 129 cm³/mol. The number of carbonyl (C=O) groups is 1. The van der Waals surface area contributed by atoms with Crippen LogP contribution in [0.1, 0.15) is 22.8 Å². The van der Waals surface area contributed by atoms with Crippen LogP contribution < -0.4 is 14.8 Å². The molecule has 0 bridgehead atoms. The summed E-state index contributed by atoms with van der Waals surface area (Å²) in [6, 6.07) is 21.5. The highest BCUT2D eigenvalue weighted by molar-refractivity contribution is 7.92. The second-order valence-corrected chi connectivity index (χ2v) is 8.75. The Hall–Kier alpha value is -3.56. The molecule has 164 valence electrons. The van der Waals surface area contributed by atoms with E-state index in [1.165, 1.54) is 19.2 Å². The topological polar surface area (TPSA) is 96.9 Å². The van der Waals surface area contributed by atoms with E-state index >= 15 is 0 Å². The van der Waals surface area contributed by atoms with E-state index in [1.54, 1.807) is 67.6 Å². The molecule has 0 saturated heterocycles. The van der Waals surface area contributed by atoms with Gasteiger partial charge in [0.25, 0.3) is 15.9 Å². The first-order valence-electron chi connectivity index (χ1n) is 9.51. The Labute approximate surface area is 192 Å². The van der Waals surface area contributed by atoms with Gasteiger partial charge in [-0.1, -0.05) is 30.3 Å². The molecule has 0 aliphatic rings. The van der Waals surface area contributed by atoms with Gasteiger partial charge in [0.15, 0.2) is 5.11 Å². The van der Waals surface area contributed by atoms with Crippen molar-refractivity contribution in [1.29, 1.82) is 0 Å². The Balaban J connectivity index is 1.68. The van der Waals surface area contributed by atoms with Gasteiger partial charge in [0.2, 0.25) is 0 Å². The number of benzene rings is 3. The molecule has 0 atom stereocenters. The number of carbonyl (C=O) groups excluding carboxylic acids is 1. The highest BCUT2D eigenvalue weighted by Crippen LogP contribution is 2.20. The number of nitrogens with one attached hydrogen (secondary N) is 2. The Morgan fingerprint density at radius 3 is 2.12 bits per heavy atom. The number of nitrogens with zero attached hydrogens (tertiary/aromatic N) is 1. The molecule has 9 heteroatoms. The lowest BCUT2D eigenvalue weighted by Gasteiger charge is -2.10. The van der Waals surface area contributed by atoms with E-state index in [-0.39, 0.29) is 15.9 Å². The SMILES string of the molecule is COc1ccc(NS(=O)(=O)c2ccc(C(C)=NC(=S)NC(=O)c3ccccc3)cc2)cc1. The van der Waals surface area contributed by atoms with E-state index in [4.69, 9.17) is 17.0 Å². The van der Waals surface area contributed by atoms with E-state index < -0.39 is 10.0 Å². The van der Waals surface area contributed by atoms with Gasteiger partial charge in [-0.05, 0) is 73.2 Å². The number of anilines is 1. The number of hydrogen-bond acceptors (Lipinski definition) is 5. The fourth-order valence-corrected chi connectivity index (χ4v) is 4.04. The smallest absolute Gasteiger partial charge is 0.261 e.